The Bertz CT molecular complexity index is 575. The van der Waals surface area contributed by atoms with Gasteiger partial charge in [-0.05, 0) is 34.8 Å². The highest BCUT2D eigenvalue weighted by molar-refractivity contribution is 9.10. The first-order valence-electron chi connectivity index (χ1n) is 7.01. The number of nitro benzene ring substituents is 1. The Hall–Kier alpha value is -0.950. The Morgan fingerprint density at radius 3 is 2.62 bits per heavy atom. The molecule has 1 atom stereocenters. The van der Waals surface area contributed by atoms with E-state index in [-0.39, 0.29) is 10.4 Å². The molecule has 21 heavy (non-hydrogen) atoms. The van der Waals surface area contributed by atoms with Crippen molar-refractivity contribution in [1.29, 1.82) is 0 Å². The fraction of sp³-hybridized carbons (Fsp3) is 0.571. The Kier molecular flexibility index (Phi) is 5.03. The zero-order valence-electron chi connectivity index (χ0n) is 12.2. The lowest BCUT2D eigenvalue weighted by atomic mass is 10.0. The van der Waals surface area contributed by atoms with Crippen LogP contribution in [0.15, 0.2) is 22.7 Å². The number of non-ortho nitro benzene ring substituents is 1. The van der Waals surface area contributed by atoms with Crippen LogP contribution in [-0.2, 0) is 10.8 Å². The van der Waals surface area contributed by atoms with Crippen molar-refractivity contribution in [1.82, 2.24) is 0 Å². The van der Waals surface area contributed by atoms with Crippen molar-refractivity contribution in [3.8, 4) is 0 Å². The summed E-state index contributed by atoms with van der Waals surface area (Å²) in [5.74, 6) is 0.644. The lowest BCUT2D eigenvalue weighted by Gasteiger charge is -2.42. The van der Waals surface area contributed by atoms with Gasteiger partial charge in [0.25, 0.3) is 5.69 Å². The average Bonchev–Trinajstić information content (AvgIpc) is 2.48. The number of rotatable bonds is 4. The molecule has 1 aliphatic heterocycles. The molecule has 1 unspecified atom stereocenters. The van der Waals surface area contributed by atoms with Crippen molar-refractivity contribution in [2.75, 3.05) is 23.7 Å². The van der Waals surface area contributed by atoms with Gasteiger partial charge in [-0.15, -0.1) is 0 Å². The van der Waals surface area contributed by atoms with E-state index in [1.54, 1.807) is 6.07 Å². The molecule has 0 aliphatic carbocycles. The Labute approximate surface area is 135 Å². The molecule has 1 aromatic carbocycles. The second kappa shape index (κ2) is 6.44. The van der Waals surface area contributed by atoms with Gasteiger partial charge in [0, 0.05) is 46.2 Å². The van der Waals surface area contributed by atoms with Crippen LogP contribution < -0.4 is 4.90 Å². The summed E-state index contributed by atoms with van der Waals surface area (Å²) in [6.07, 6.45) is 1.74. The highest BCUT2D eigenvalue weighted by Crippen LogP contribution is 2.35. The summed E-state index contributed by atoms with van der Waals surface area (Å²) in [5.41, 5.74) is 1.01. The zero-order valence-corrected chi connectivity index (χ0v) is 14.6. The molecular weight excluding hydrogens is 356 g/mol. The molecule has 0 radical (unpaired) electrons. The van der Waals surface area contributed by atoms with E-state index in [1.165, 1.54) is 12.1 Å². The maximum Gasteiger partial charge on any atom is 0.270 e. The third-order valence-corrected chi connectivity index (χ3v) is 7.14. The van der Waals surface area contributed by atoms with Gasteiger partial charge in [-0.25, -0.2) is 0 Å². The number of nitro groups is 1. The van der Waals surface area contributed by atoms with E-state index >= 15 is 0 Å². The first-order chi connectivity index (χ1) is 9.93. The van der Waals surface area contributed by atoms with E-state index < -0.39 is 15.7 Å². The van der Waals surface area contributed by atoms with E-state index in [1.807, 2.05) is 0 Å². The molecule has 2 rings (SSSR count). The average molecular weight is 375 g/mol. The maximum absolute atomic E-state index is 12.4. The Morgan fingerprint density at radius 2 is 2.10 bits per heavy atom. The summed E-state index contributed by atoms with van der Waals surface area (Å²) in [4.78, 5) is 12.6. The number of anilines is 1. The summed E-state index contributed by atoms with van der Waals surface area (Å²) in [6.45, 7) is 5.60. The highest BCUT2D eigenvalue weighted by Gasteiger charge is 2.39. The van der Waals surface area contributed by atoms with Crippen LogP contribution in [0, 0.1) is 10.1 Å². The lowest BCUT2D eigenvalue weighted by molar-refractivity contribution is -0.384. The van der Waals surface area contributed by atoms with Gasteiger partial charge in [0.15, 0.2) is 0 Å². The van der Waals surface area contributed by atoms with Crippen LogP contribution in [0.2, 0.25) is 0 Å². The van der Waals surface area contributed by atoms with Gasteiger partial charge in [0.05, 0.1) is 15.4 Å². The molecule has 1 aliphatic rings. The summed E-state index contributed by atoms with van der Waals surface area (Å²) in [6, 6.07) is 4.82. The topological polar surface area (TPSA) is 63.4 Å². The molecular formula is C14H19BrN2O3S. The van der Waals surface area contributed by atoms with Crippen LogP contribution in [0.25, 0.3) is 0 Å². The molecule has 0 N–H and O–H groups in total. The van der Waals surface area contributed by atoms with Crippen LogP contribution in [0.4, 0.5) is 11.4 Å². The van der Waals surface area contributed by atoms with Crippen LogP contribution >= 0.6 is 15.9 Å². The molecule has 1 aromatic rings. The number of hydrogen-bond donors (Lipinski definition) is 0. The predicted octanol–water partition coefficient (Wildman–Crippen LogP) is 3.48. The summed E-state index contributed by atoms with van der Waals surface area (Å²) in [7, 11) is -0.815. The van der Waals surface area contributed by atoms with E-state index in [2.05, 4.69) is 34.7 Å². The van der Waals surface area contributed by atoms with Crippen LogP contribution in [-0.4, -0.2) is 32.7 Å². The second-order valence-corrected chi connectivity index (χ2v) is 8.07. The van der Waals surface area contributed by atoms with Crippen molar-refractivity contribution in [2.45, 2.75) is 31.4 Å². The minimum atomic E-state index is -0.815. The second-order valence-electron chi connectivity index (χ2n) is 5.25. The van der Waals surface area contributed by atoms with Crippen molar-refractivity contribution >= 4 is 38.1 Å². The quantitative estimate of drug-likeness (QED) is 0.597. The van der Waals surface area contributed by atoms with Gasteiger partial charge >= 0.3 is 0 Å². The molecule has 1 heterocycles. The number of nitrogens with zero attached hydrogens (tertiary/aromatic N) is 2. The van der Waals surface area contributed by atoms with Crippen molar-refractivity contribution in [2.24, 2.45) is 0 Å². The molecule has 0 amide bonds. The molecule has 0 saturated carbocycles. The van der Waals surface area contributed by atoms with Gasteiger partial charge in [-0.2, -0.15) is 0 Å². The summed E-state index contributed by atoms with van der Waals surface area (Å²) >= 11 is 3.43. The summed E-state index contributed by atoms with van der Waals surface area (Å²) in [5, 5.41) is 10.8. The molecule has 1 saturated heterocycles. The van der Waals surface area contributed by atoms with E-state index in [4.69, 9.17) is 0 Å². The Balaban J connectivity index is 2.30. The fourth-order valence-electron chi connectivity index (χ4n) is 2.78. The van der Waals surface area contributed by atoms with Crippen molar-refractivity contribution < 1.29 is 9.13 Å². The number of halogens is 1. The van der Waals surface area contributed by atoms with Gasteiger partial charge < -0.3 is 4.90 Å². The summed E-state index contributed by atoms with van der Waals surface area (Å²) < 4.78 is 12.9. The van der Waals surface area contributed by atoms with E-state index in [0.29, 0.717) is 16.8 Å². The third kappa shape index (κ3) is 3.13. The molecule has 0 bridgehead atoms. The first-order valence-corrected chi connectivity index (χ1v) is 9.12. The van der Waals surface area contributed by atoms with Crippen molar-refractivity contribution in [3.05, 3.63) is 32.8 Å². The minimum Gasteiger partial charge on any atom is -0.368 e. The van der Waals surface area contributed by atoms with E-state index in [0.717, 1.165) is 25.1 Å². The molecule has 116 valence electrons. The third-order valence-electron chi connectivity index (χ3n) is 4.28. The first kappa shape index (κ1) is 16.4. The minimum absolute atomic E-state index is 0.0726. The normalized spacial score (nSPS) is 21.3. The van der Waals surface area contributed by atoms with Gasteiger partial charge in [-0.1, -0.05) is 13.8 Å². The van der Waals surface area contributed by atoms with Gasteiger partial charge in [-0.3, -0.25) is 14.3 Å². The van der Waals surface area contributed by atoms with Gasteiger partial charge in [0.2, 0.25) is 0 Å². The molecule has 1 fully saturated rings. The van der Waals surface area contributed by atoms with E-state index in [9.17, 15) is 14.3 Å². The van der Waals surface area contributed by atoms with Crippen molar-refractivity contribution in [3.63, 3.8) is 0 Å². The monoisotopic (exact) mass is 374 g/mol. The standard InChI is InChI=1S/C14H19BrN2O3S/c1-3-14(4-2)10-16(7-8-21(14)20)13-6-5-11(17(18)19)9-12(13)15/h5-6,9H,3-4,7-8,10H2,1-2H3. The van der Waals surface area contributed by atoms with Gasteiger partial charge in [0.1, 0.15) is 0 Å². The fourth-order valence-corrected chi connectivity index (χ4v) is 5.16. The predicted molar refractivity (Wildman–Crippen MR) is 89.3 cm³/mol. The van der Waals surface area contributed by atoms with Crippen LogP contribution in [0.1, 0.15) is 26.7 Å². The zero-order chi connectivity index (χ0) is 15.6. The molecule has 0 aromatic heterocycles. The lowest BCUT2D eigenvalue weighted by Crippen LogP contribution is -2.53. The van der Waals surface area contributed by atoms with Crippen LogP contribution in [0.5, 0.6) is 0 Å². The van der Waals surface area contributed by atoms with Crippen LogP contribution in [0.3, 0.4) is 0 Å². The maximum atomic E-state index is 12.4. The largest absolute Gasteiger partial charge is 0.368 e. The molecule has 7 heteroatoms. The highest BCUT2D eigenvalue weighted by atomic mass is 79.9. The number of hydrogen-bond acceptors (Lipinski definition) is 4. The Morgan fingerprint density at radius 1 is 1.43 bits per heavy atom. The SMILES string of the molecule is CCC1(CC)CN(c2ccc([N+](=O)[O-])cc2Br)CCS1=O. The smallest absolute Gasteiger partial charge is 0.270 e. The molecule has 5 nitrogen and oxygen atoms in total. The number of benzene rings is 1. The molecule has 0 spiro atoms.